The van der Waals surface area contributed by atoms with Crippen molar-refractivity contribution in [3.63, 3.8) is 0 Å². The quantitative estimate of drug-likeness (QED) is 0.740. The third kappa shape index (κ3) is 3.49. The van der Waals surface area contributed by atoms with Crippen LogP contribution in [-0.2, 0) is 4.79 Å². The predicted molar refractivity (Wildman–Crippen MR) is 58.5 cm³/mol. The van der Waals surface area contributed by atoms with E-state index < -0.39 is 5.95 Å². The average molecular weight is 223 g/mol. The van der Waals surface area contributed by atoms with Crippen molar-refractivity contribution in [1.82, 2.24) is 10.3 Å². The lowest BCUT2D eigenvalue weighted by Gasteiger charge is -2.05. The number of pyridine rings is 1. The molecule has 1 heterocycles. The zero-order valence-electron chi connectivity index (χ0n) is 8.87. The van der Waals surface area contributed by atoms with E-state index >= 15 is 0 Å². The van der Waals surface area contributed by atoms with E-state index in [9.17, 15) is 9.18 Å². The second-order valence-corrected chi connectivity index (χ2v) is 3.86. The number of halogens is 1. The van der Waals surface area contributed by atoms with Gasteiger partial charge in [0.25, 0.3) is 0 Å². The highest BCUT2D eigenvalue weighted by Crippen LogP contribution is 2.18. The Morgan fingerprint density at radius 2 is 2.31 bits per heavy atom. The Balaban J connectivity index is 1.68. The van der Waals surface area contributed by atoms with Crippen molar-refractivity contribution in [3.8, 4) is 0 Å². The number of anilines is 1. The summed E-state index contributed by atoms with van der Waals surface area (Å²) in [5, 5.41) is 5.78. The number of hydrogen-bond donors (Lipinski definition) is 2. The first-order chi connectivity index (χ1) is 7.74. The third-order valence-corrected chi connectivity index (χ3v) is 2.32. The fraction of sp³-hybridized carbons (Fsp3) is 0.455. The molecule has 1 aliphatic rings. The second kappa shape index (κ2) is 4.92. The number of amides is 1. The van der Waals surface area contributed by atoms with Crippen molar-refractivity contribution in [2.24, 2.45) is 0 Å². The second-order valence-electron chi connectivity index (χ2n) is 3.86. The van der Waals surface area contributed by atoms with Crippen LogP contribution in [0.2, 0.25) is 0 Å². The molecule has 0 saturated heterocycles. The Labute approximate surface area is 93.3 Å². The van der Waals surface area contributed by atoms with Crippen LogP contribution in [0.1, 0.15) is 19.3 Å². The largest absolute Gasteiger partial charge is 0.369 e. The summed E-state index contributed by atoms with van der Waals surface area (Å²) in [5.74, 6) is -0.0296. The van der Waals surface area contributed by atoms with Gasteiger partial charge in [0.2, 0.25) is 11.9 Å². The summed E-state index contributed by atoms with van der Waals surface area (Å²) >= 11 is 0. The van der Waals surface area contributed by atoms with Gasteiger partial charge in [0.05, 0.1) is 0 Å². The van der Waals surface area contributed by atoms with Crippen molar-refractivity contribution >= 4 is 11.7 Å². The summed E-state index contributed by atoms with van der Waals surface area (Å²) < 4.78 is 12.7. The molecule has 2 rings (SSSR count). The maximum atomic E-state index is 12.7. The van der Waals surface area contributed by atoms with Gasteiger partial charge in [0.15, 0.2) is 0 Å². The molecule has 1 saturated carbocycles. The molecule has 0 spiro atoms. The fourth-order valence-corrected chi connectivity index (χ4v) is 1.34. The van der Waals surface area contributed by atoms with E-state index in [2.05, 4.69) is 15.6 Å². The molecule has 0 atom stereocenters. The minimum Gasteiger partial charge on any atom is -0.369 e. The van der Waals surface area contributed by atoms with Crippen LogP contribution in [0.5, 0.6) is 0 Å². The highest BCUT2D eigenvalue weighted by atomic mass is 19.1. The van der Waals surface area contributed by atoms with Gasteiger partial charge in [-0.25, -0.2) is 4.98 Å². The lowest BCUT2D eigenvalue weighted by molar-refractivity contribution is -0.120. The van der Waals surface area contributed by atoms with E-state index in [1.165, 1.54) is 6.07 Å². The Kier molecular flexibility index (Phi) is 3.34. The smallest absolute Gasteiger partial charge is 0.221 e. The van der Waals surface area contributed by atoms with Crippen molar-refractivity contribution in [1.29, 1.82) is 0 Å². The van der Waals surface area contributed by atoms with Crippen molar-refractivity contribution < 1.29 is 9.18 Å². The maximum Gasteiger partial charge on any atom is 0.221 e. The number of nitrogens with one attached hydrogen (secondary N) is 2. The van der Waals surface area contributed by atoms with Gasteiger partial charge in [0, 0.05) is 19.0 Å². The van der Waals surface area contributed by atoms with Crippen LogP contribution in [0.15, 0.2) is 18.2 Å². The van der Waals surface area contributed by atoms with Gasteiger partial charge in [-0.1, -0.05) is 6.07 Å². The molecule has 2 N–H and O–H groups in total. The summed E-state index contributed by atoms with van der Waals surface area (Å²) in [6, 6.07) is 4.92. The first kappa shape index (κ1) is 10.9. The Morgan fingerprint density at radius 3 is 3.00 bits per heavy atom. The van der Waals surface area contributed by atoms with Gasteiger partial charge >= 0.3 is 0 Å². The Bertz CT molecular complexity index is 379. The minimum atomic E-state index is -0.521. The molecule has 0 aromatic carbocycles. The molecule has 1 aliphatic carbocycles. The van der Waals surface area contributed by atoms with Gasteiger partial charge in [0.1, 0.15) is 5.82 Å². The van der Waals surface area contributed by atoms with Crippen LogP contribution in [0, 0.1) is 5.95 Å². The van der Waals surface area contributed by atoms with E-state index in [0.717, 1.165) is 12.8 Å². The van der Waals surface area contributed by atoms with Crippen LogP contribution >= 0.6 is 0 Å². The number of hydrogen-bond acceptors (Lipinski definition) is 3. The van der Waals surface area contributed by atoms with Crippen LogP contribution in [0.4, 0.5) is 10.2 Å². The van der Waals surface area contributed by atoms with Gasteiger partial charge in [-0.2, -0.15) is 4.39 Å². The number of aromatic nitrogens is 1. The summed E-state index contributed by atoms with van der Waals surface area (Å²) in [5.41, 5.74) is 0. The molecule has 0 unspecified atom stereocenters. The van der Waals surface area contributed by atoms with Gasteiger partial charge in [-0.15, -0.1) is 0 Å². The molecule has 1 amide bonds. The molecule has 16 heavy (non-hydrogen) atoms. The van der Waals surface area contributed by atoms with Crippen molar-refractivity contribution in [2.75, 3.05) is 11.9 Å². The van der Waals surface area contributed by atoms with Gasteiger partial charge in [-0.3, -0.25) is 4.79 Å². The van der Waals surface area contributed by atoms with Crippen LogP contribution < -0.4 is 10.6 Å². The number of rotatable bonds is 5. The van der Waals surface area contributed by atoms with Crippen LogP contribution in [0.25, 0.3) is 0 Å². The molecular weight excluding hydrogens is 209 g/mol. The molecule has 0 bridgehead atoms. The number of nitrogens with zero attached hydrogens (tertiary/aromatic N) is 1. The van der Waals surface area contributed by atoms with E-state index in [-0.39, 0.29) is 5.91 Å². The van der Waals surface area contributed by atoms with Crippen LogP contribution in [0.3, 0.4) is 0 Å². The van der Waals surface area contributed by atoms with Gasteiger partial charge in [-0.05, 0) is 25.0 Å². The predicted octanol–water partition coefficient (Wildman–Crippen LogP) is 1.30. The van der Waals surface area contributed by atoms with E-state index in [1.54, 1.807) is 12.1 Å². The van der Waals surface area contributed by atoms with E-state index in [4.69, 9.17) is 0 Å². The van der Waals surface area contributed by atoms with E-state index in [0.29, 0.717) is 24.8 Å². The standard InChI is InChI=1S/C11H14FN3O/c12-9-2-1-3-10(15-9)13-7-6-11(16)14-8-4-5-8/h1-3,8H,4-7H2,(H,13,15)(H,14,16). The lowest BCUT2D eigenvalue weighted by atomic mass is 10.3. The molecule has 5 heteroatoms. The van der Waals surface area contributed by atoms with Crippen LogP contribution in [-0.4, -0.2) is 23.5 Å². The molecule has 1 aromatic heterocycles. The van der Waals surface area contributed by atoms with Crippen molar-refractivity contribution in [2.45, 2.75) is 25.3 Å². The molecule has 1 fully saturated rings. The molecule has 1 aromatic rings. The van der Waals surface area contributed by atoms with Crippen molar-refractivity contribution in [3.05, 3.63) is 24.1 Å². The monoisotopic (exact) mass is 223 g/mol. The maximum absolute atomic E-state index is 12.7. The zero-order valence-corrected chi connectivity index (χ0v) is 8.87. The molecule has 4 nitrogen and oxygen atoms in total. The summed E-state index contributed by atoms with van der Waals surface area (Å²) in [4.78, 5) is 14.9. The average Bonchev–Trinajstić information content (AvgIpc) is 3.02. The molecular formula is C11H14FN3O. The molecule has 86 valence electrons. The first-order valence-corrected chi connectivity index (χ1v) is 5.40. The summed E-state index contributed by atoms with van der Waals surface area (Å²) in [6.07, 6.45) is 2.56. The first-order valence-electron chi connectivity index (χ1n) is 5.40. The Hall–Kier alpha value is -1.65. The topological polar surface area (TPSA) is 54.0 Å². The highest BCUT2D eigenvalue weighted by Gasteiger charge is 2.22. The number of carbonyl (C=O) groups excluding carboxylic acids is 1. The zero-order chi connectivity index (χ0) is 11.4. The number of carbonyl (C=O) groups is 1. The van der Waals surface area contributed by atoms with E-state index in [1.807, 2.05) is 0 Å². The molecule has 0 aliphatic heterocycles. The third-order valence-electron chi connectivity index (χ3n) is 2.32. The van der Waals surface area contributed by atoms with Gasteiger partial charge < -0.3 is 10.6 Å². The minimum absolute atomic E-state index is 0.0337. The molecule has 0 radical (unpaired) electrons. The highest BCUT2D eigenvalue weighted by molar-refractivity contribution is 5.77. The summed E-state index contributed by atoms with van der Waals surface area (Å²) in [7, 11) is 0. The normalized spacial score (nSPS) is 14.6. The summed E-state index contributed by atoms with van der Waals surface area (Å²) in [6.45, 7) is 0.467. The lowest BCUT2D eigenvalue weighted by Crippen LogP contribution is -2.27. The SMILES string of the molecule is O=C(CCNc1cccc(F)n1)NC1CC1. The fourth-order valence-electron chi connectivity index (χ4n) is 1.34. The Morgan fingerprint density at radius 1 is 1.50 bits per heavy atom.